The second-order valence-corrected chi connectivity index (χ2v) is 4.33. The maximum Gasteiger partial charge on any atom is 0.185 e. The van der Waals surface area contributed by atoms with Gasteiger partial charge in [-0.15, -0.1) is 0 Å². The Morgan fingerprint density at radius 1 is 1.05 bits per heavy atom. The van der Waals surface area contributed by atoms with Gasteiger partial charge in [0.15, 0.2) is 5.78 Å². The molecule has 0 bridgehead atoms. The fourth-order valence-electron chi connectivity index (χ4n) is 1.82. The van der Waals surface area contributed by atoms with Gasteiger partial charge in [-0.2, -0.15) is 0 Å². The van der Waals surface area contributed by atoms with Crippen LogP contribution < -0.4 is 4.74 Å². The van der Waals surface area contributed by atoms with E-state index in [0.29, 0.717) is 11.1 Å². The predicted octanol–water partition coefficient (Wildman–Crippen LogP) is 2.71. The first-order valence-corrected chi connectivity index (χ1v) is 6.12. The Hall–Kier alpha value is -2.95. The first-order chi connectivity index (χ1) is 10.0. The lowest BCUT2D eigenvalue weighted by Crippen LogP contribution is -1.94. The third-order valence-corrected chi connectivity index (χ3v) is 2.88. The van der Waals surface area contributed by atoms with E-state index in [4.69, 9.17) is 4.74 Å². The summed E-state index contributed by atoms with van der Waals surface area (Å²) in [6.07, 6.45) is 2.68. The summed E-state index contributed by atoms with van der Waals surface area (Å²) in [5, 5.41) is 28.3. The molecule has 0 aliphatic carbocycles. The van der Waals surface area contributed by atoms with Gasteiger partial charge in [-0.05, 0) is 36.4 Å². The van der Waals surface area contributed by atoms with Crippen LogP contribution in [0.2, 0.25) is 0 Å². The third kappa shape index (κ3) is 3.33. The number of ether oxygens (including phenoxy) is 1. The molecule has 0 unspecified atom stereocenters. The van der Waals surface area contributed by atoms with Gasteiger partial charge in [0.2, 0.25) is 0 Å². The highest BCUT2D eigenvalue weighted by atomic mass is 16.5. The SMILES string of the molecule is COc1cc(O)cc(O)c1/C=C/C(=O)c1ccc(O)cc1. The molecule has 2 aromatic carbocycles. The Morgan fingerprint density at radius 2 is 1.71 bits per heavy atom. The van der Waals surface area contributed by atoms with Gasteiger partial charge in [-0.25, -0.2) is 0 Å². The van der Waals surface area contributed by atoms with Crippen LogP contribution >= 0.6 is 0 Å². The molecule has 0 aliphatic rings. The molecule has 0 saturated heterocycles. The molecule has 0 spiro atoms. The van der Waals surface area contributed by atoms with Crippen molar-refractivity contribution < 1.29 is 24.9 Å². The van der Waals surface area contributed by atoms with Crippen molar-refractivity contribution >= 4 is 11.9 Å². The van der Waals surface area contributed by atoms with Crippen LogP contribution in [-0.4, -0.2) is 28.2 Å². The molecule has 0 heterocycles. The third-order valence-electron chi connectivity index (χ3n) is 2.88. The van der Waals surface area contributed by atoms with E-state index >= 15 is 0 Å². The number of aromatic hydroxyl groups is 3. The lowest BCUT2D eigenvalue weighted by atomic mass is 10.1. The molecule has 5 nitrogen and oxygen atoms in total. The van der Waals surface area contributed by atoms with Crippen LogP contribution in [0.3, 0.4) is 0 Å². The summed E-state index contributed by atoms with van der Waals surface area (Å²) in [6, 6.07) is 8.32. The van der Waals surface area contributed by atoms with Crippen molar-refractivity contribution in [3.63, 3.8) is 0 Å². The Labute approximate surface area is 121 Å². The van der Waals surface area contributed by atoms with E-state index in [1.165, 1.54) is 49.6 Å². The van der Waals surface area contributed by atoms with Crippen LogP contribution in [-0.2, 0) is 0 Å². The van der Waals surface area contributed by atoms with Gasteiger partial charge in [-0.1, -0.05) is 0 Å². The standard InChI is InChI=1S/C16H14O5/c1-21-16-9-12(18)8-15(20)13(16)6-7-14(19)10-2-4-11(17)5-3-10/h2-9,17-18,20H,1H3/b7-6+. The smallest absolute Gasteiger partial charge is 0.185 e. The van der Waals surface area contributed by atoms with Gasteiger partial charge in [0, 0.05) is 17.7 Å². The van der Waals surface area contributed by atoms with Crippen LogP contribution in [0.4, 0.5) is 0 Å². The van der Waals surface area contributed by atoms with Crippen molar-refractivity contribution in [3.05, 3.63) is 53.6 Å². The minimum atomic E-state index is -0.287. The number of phenols is 3. The average Bonchev–Trinajstić information content (AvgIpc) is 2.46. The summed E-state index contributed by atoms with van der Waals surface area (Å²) in [7, 11) is 1.40. The summed E-state index contributed by atoms with van der Waals surface area (Å²) in [4.78, 5) is 12.0. The number of phenolic OH excluding ortho intramolecular Hbond substituents is 3. The van der Waals surface area contributed by atoms with Gasteiger partial charge in [0.05, 0.1) is 12.7 Å². The topological polar surface area (TPSA) is 87.0 Å². The molecule has 0 atom stereocenters. The molecule has 2 aromatic rings. The molecule has 5 heteroatoms. The van der Waals surface area contributed by atoms with Crippen molar-refractivity contribution in [3.8, 4) is 23.0 Å². The van der Waals surface area contributed by atoms with Gasteiger partial charge in [-0.3, -0.25) is 4.79 Å². The molecule has 21 heavy (non-hydrogen) atoms. The highest BCUT2D eigenvalue weighted by molar-refractivity contribution is 6.07. The minimum Gasteiger partial charge on any atom is -0.508 e. The van der Waals surface area contributed by atoms with E-state index in [-0.39, 0.29) is 28.8 Å². The van der Waals surface area contributed by atoms with Crippen molar-refractivity contribution in [2.75, 3.05) is 7.11 Å². The van der Waals surface area contributed by atoms with Gasteiger partial charge < -0.3 is 20.1 Å². The van der Waals surface area contributed by atoms with E-state index in [1.54, 1.807) is 0 Å². The van der Waals surface area contributed by atoms with Crippen LogP contribution in [0.25, 0.3) is 6.08 Å². The van der Waals surface area contributed by atoms with E-state index in [2.05, 4.69) is 0 Å². The lowest BCUT2D eigenvalue weighted by Gasteiger charge is -2.07. The Balaban J connectivity index is 2.29. The monoisotopic (exact) mass is 286 g/mol. The van der Waals surface area contributed by atoms with Crippen LogP contribution in [0.15, 0.2) is 42.5 Å². The molecule has 3 N–H and O–H groups in total. The number of hydrogen-bond acceptors (Lipinski definition) is 5. The zero-order valence-electron chi connectivity index (χ0n) is 11.3. The Bertz CT molecular complexity index is 687. The zero-order chi connectivity index (χ0) is 15.4. The summed E-state index contributed by atoms with van der Waals surface area (Å²) in [5.74, 6) is -0.284. The maximum atomic E-state index is 12.0. The molecular weight excluding hydrogens is 272 g/mol. The van der Waals surface area contributed by atoms with Crippen LogP contribution in [0.5, 0.6) is 23.0 Å². The summed E-state index contributed by atoms with van der Waals surface area (Å²) < 4.78 is 5.05. The van der Waals surface area contributed by atoms with Crippen molar-refractivity contribution in [1.82, 2.24) is 0 Å². The minimum absolute atomic E-state index is 0.0772. The van der Waals surface area contributed by atoms with Gasteiger partial charge >= 0.3 is 0 Å². The van der Waals surface area contributed by atoms with E-state index in [9.17, 15) is 20.1 Å². The van der Waals surface area contributed by atoms with Crippen molar-refractivity contribution in [1.29, 1.82) is 0 Å². The fraction of sp³-hybridized carbons (Fsp3) is 0.0625. The Kier molecular flexibility index (Phi) is 4.13. The van der Waals surface area contributed by atoms with Gasteiger partial charge in [0.1, 0.15) is 23.0 Å². The summed E-state index contributed by atoms with van der Waals surface area (Å²) in [5.41, 5.74) is 0.698. The average molecular weight is 286 g/mol. The second kappa shape index (κ2) is 6.00. The first kappa shape index (κ1) is 14.5. The Morgan fingerprint density at radius 3 is 2.33 bits per heavy atom. The molecule has 0 saturated carbocycles. The molecular formula is C16H14O5. The number of benzene rings is 2. The second-order valence-electron chi connectivity index (χ2n) is 4.33. The highest BCUT2D eigenvalue weighted by Gasteiger charge is 2.09. The molecule has 0 fully saturated rings. The fourth-order valence-corrected chi connectivity index (χ4v) is 1.82. The zero-order valence-corrected chi connectivity index (χ0v) is 11.3. The van der Waals surface area contributed by atoms with Crippen LogP contribution in [0, 0.1) is 0 Å². The summed E-state index contributed by atoms with van der Waals surface area (Å²) >= 11 is 0. The lowest BCUT2D eigenvalue weighted by molar-refractivity contribution is 0.104. The van der Waals surface area contributed by atoms with E-state index in [1.807, 2.05) is 0 Å². The predicted molar refractivity (Wildman–Crippen MR) is 77.8 cm³/mol. The van der Waals surface area contributed by atoms with Crippen molar-refractivity contribution in [2.45, 2.75) is 0 Å². The number of hydrogen-bond donors (Lipinski definition) is 3. The quantitative estimate of drug-likeness (QED) is 0.594. The maximum absolute atomic E-state index is 12.0. The molecule has 0 radical (unpaired) electrons. The summed E-state index contributed by atoms with van der Waals surface area (Å²) in [6.45, 7) is 0. The number of carbonyl (C=O) groups excluding carboxylic acids is 1. The van der Waals surface area contributed by atoms with E-state index < -0.39 is 0 Å². The molecule has 0 aliphatic heterocycles. The first-order valence-electron chi connectivity index (χ1n) is 6.12. The van der Waals surface area contributed by atoms with Crippen molar-refractivity contribution in [2.24, 2.45) is 0 Å². The number of methoxy groups -OCH3 is 1. The number of allylic oxidation sites excluding steroid dienone is 1. The largest absolute Gasteiger partial charge is 0.508 e. The van der Waals surface area contributed by atoms with Crippen LogP contribution in [0.1, 0.15) is 15.9 Å². The number of rotatable bonds is 4. The molecule has 0 aromatic heterocycles. The van der Waals surface area contributed by atoms with Gasteiger partial charge in [0.25, 0.3) is 0 Å². The molecule has 0 amide bonds. The highest BCUT2D eigenvalue weighted by Crippen LogP contribution is 2.33. The number of ketones is 1. The molecule has 108 valence electrons. The van der Waals surface area contributed by atoms with E-state index in [0.717, 1.165) is 6.07 Å². The molecule has 2 rings (SSSR count). The normalized spacial score (nSPS) is 10.7. The number of carbonyl (C=O) groups is 1.